The van der Waals surface area contributed by atoms with Crippen molar-refractivity contribution in [3.63, 3.8) is 0 Å². The van der Waals surface area contributed by atoms with Crippen molar-refractivity contribution >= 4 is 44.7 Å². The zero-order chi connectivity index (χ0) is 20.4. The predicted octanol–water partition coefficient (Wildman–Crippen LogP) is 4.37. The molecule has 0 aromatic heterocycles. The van der Waals surface area contributed by atoms with Crippen molar-refractivity contribution in [3.05, 3.63) is 75.9 Å². The molecule has 0 radical (unpaired) electrons. The molecule has 0 bridgehead atoms. The highest BCUT2D eigenvalue weighted by Crippen LogP contribution is 2.38. The summed E-state index contributed by atoms with van der Waals surface area (Å²) >= 11 is 3.52. The predicted molar refractivity (Wildman–Crippen MR) is 114 cm³/mol. The Kier molecular flexibility index (Phi) is 5.22. The Labute approximate surface area is 175 Å². The van der Waals surface area contributed by atoms with Crippen LogP contribution in [0.5, 0.6) is 11.5 Å². The number of carbonyl (C=O) groups excluding carboxylic acids is 2. The number of fused-ring (bicyclic) bond motifs is 1. The number of ether oxygens (including phenoxy) is 2. The zero-order valence-corrected chi connectivity index (χ0v) is 17.1. The van der Waals surface area contributed by atoms with Crippen LogP contribution < -0.4 is 20.1 Å². The van der Waals surface area contributed by atoms with Crippen LogP contribution in [0, 0.1) is 0 Å². The smallest absolute Gasteiger partial charge is 0.326 e. The first-order valence-electron chi connectivity index (χ1n) is 8.86. The minimum Gasteiger partial charge on any atom is -0.493 e. The highest BCUT2D eigenvalue weighted by Gasteiger charge is 2.23. The number of halogens is 1. The normalized spacial score (nSPS) is 14.8. The SMILES string of the molecule is COc1cc(/C=C2\NC(=O)NC2=O)cc(Br)c1OCc1cccc2ccccc12. The van der Waals surface area contributed by atoms with E-state index in [-0.39, 0.29) is 5.70 Å². The van der Waals surface area contributed by atoms with Gasteiger partial charge < -0.3 is 14.8 Å². The molecule has 1 aliphatic heterocycles. The van der Waals surface area contributed by atoms with Crippen LogP contribution in [0.1, 0.15) is 11.1 Å². The first-order chi connectivity index (χ1) is 14.0. The van der Waals surface area contributed by atoms with Gasteiger partial charge in [0.25, 0.3) is 5.91 Å². The summed E-state index contributed by atoms with van der Waals surface area (Å²) in [7, 11) is 1.55. The van der Waals surface area contributed by atoms with Crippen molar-refractivity contribution in [2.75, 3.05) is 7.11 Å². The summed E-state index contributed by atoms with van der Waals surface area (Å²) < 4.78 is 12.2. The lowest BCUT2D eigenvalue weighted by molar-refractivity contribution is -0.115. The molecule has 0 unspecified atom stereocenters. The van der Waals surface area contributed by atoms with E-state index in [0.717, 1.165) is 16.3 Å². The summed E-state index contributed by atoms with van der Waals surface area (Å²) in [5.74, 6) is 0.597. The Morgan fingerprint density at radius 2 is 1.83 bits per heavy atom. The molecule has 7 heteroatoms. The maximum Gasteiger partial charge on any atom is 0.326 e. The van der Waals surface area contributed by atoms with Crippen LogP contribution in [-0.2, 0) is 11.4 Å². The molecule has 0 saturated carbocycles. The molecular weight excluding hydrogens is 436 g/mol. The Morgan fingerprint density at radius 1 is 1.03 bits per heavy atom. The third-order valence-corrected chi connectivity index (χ3v) is 5.12. The van der Waals surface area contributed by atoms with Gasteiger partial charge in [-0.1, -0.05) is 42.5 Å². The van der Waals surface area contributed by atoms with Crippen molar-refractivity contribution in [2.45, 2.75) is 6.61 Å². The summed E-state index contributed by atoms with van der Waals surface area (Å²) in [5, 5.41) is 6.92. The molecule has 1 aliphatic rings. The standard InChI is InChI=1S/C22H17BrN2O4/c1-28-19-11-13(10-18-21(26)25-22(27)24-18)9-17(23)20(19)29-12-15-7-4-6-14-5-2-3-8-16(14)15/h2-11H,12H2,1H3,(H2,24,25,26,27)/b18-10-. The van der Waals surface area contributed by atoms with Crippen LogP contribution in [0.2, 0.25) is 0 Å². The van der Waals surface area contributed by atoms with Crippen molar-refractivity contribution in [1.82, 2.24) is 10.6 Å². The van der Waals surface area contributed by atoms with Crippen molar-refractivity contribution in [1.29, 1.82) is 0 Å². The molecule has 146 valence electrons. The molecule has 3 amide bonds. The van der Waals surface area contributed by atoms with Crippen LogP contribution in [0.15, 0.2) is 64.8 Å². The van der Waals surface area contributed by atoms with Gasteiger partial charge in [0.2, 0.25) is 0 Å². The van der Waals surface area contributed by atoms with E-state index in [2.05, 4.69) is 44.8 Å². The zero-order valence-electron chi connectivity index (χ0n) is 15.5. The number of hydrogen-bond acceptors (Lipinski definition) is 4. The number of hydrogen-bond donors (Lipinski definition) is 2. The summed E-state index contributed by atoms with van der Waals surface area (Å²) in [6, 6.07) is 17.2. The van der Waals surface area contributed by atoms with Gasteiger partial charge in [0.15, 0.2) is 11.5 Å². The second kappa shape index (κ2) is 7.97. The van der Waals surface area contributed by atoms with E-state index in [1.807, 2.05) is 24.3 Å². The van der Waals surface area contributed by atoms with Gasteiger partial charge in [-0.15, -0.1) is 0 Å². The fourth-order valence-electron chi connectivity index (χ4n) is 3.18. The van der Waals surface area contributed by atoms with E-state index in [9.17, 15) is 9.59 Å². The van der Waals surface area contributed by atoms with E-state index in [0.29, 0.717) is 28.1 Å². The van der Waals surface area contributed by atoms with Crippen molar-refractivity contribution in [3.8, 4) is 11.5 Å². The number of carbonyl (C=O) groups is 2. The molecule has 3 aromatic carbocycles. The maximum absolute atomic E-state index is 11.7. The summed E-state index contributed by atoms with van der Waals surface area (Å²) in [6.07, 6.45) is 1.57. The second-order valence-electron chi connectivity index (χ2n) is 6.43. The van der Waals surface area contributed by atoms with Gasteiger partial charge in [-0.05, 0) is 56.0 Å². The van der Waals surface area contributed by atoms with Crippen LogP contribution in [0.25, 0.3) is 16.8 Å². The molecule has 0 atom stereocenters. The Morgan fingerprint density at radius 3 is 2.59 bits per heavy atom. The number of rotatable bonds is 5. The molecular formula is C22H17BrN2O4. The molecule has 1 saturated heterocycles. The van der Waals surface area contributed by atoms with Gasteiger partial charge in [-0.2, -0.15) is 0 Å². The minimum absolute atomic E-state index is 0.174. The van der Waals surface area contributed by atoms with Crippen molar-refractivity contribution < 1.29 is 19.1 Å². The van der Waals surface area contributed by atoms with E-state index in [1.165, 1.54) is 0 Å². The fraction of sp³-hybridized carbons (Fsp3) is 0.0909. The Hall–Kier alpha value is -3.32. The summed E-state index contributed by atoms with van der Waals surface area (Å²) in [5.41, 5.74) is 1.92. The monoisotopic (exact) mass is 452 g/mol. The first kappa shape index (κ1) is 19.0. The fourth-order valence-corrected chi connectivity index (χ4v) is 3.75. The van der Waals surface area contributed by atoms with E-state index < -0.39 is 11.9 Å². The number of imide groups is 1. The van der Waals surface area contributed by atoms with Crippen molar-refractivity contribution in [2.24, 2.45) is 0 Å². The van der Waals surface area contributed by atoms with Crippen LogP contribution in [0.4, 0.5) is 4.79 Å². The third kappa shape index (κ3) is 3.95. The molecule has 2 N–H and O–H groups in total. The number of nitrogens with one attached hydrogen (secondary N) is 2. The van der Waals surface area contributed by atoms with E-state index >= 15 is 0 Å². The molecule has 0 aliphatic carbocycles. The van der Waals surface area contributed by atoms with Gasteiger partial charge >= 0.3 is 6.03 Å². The first-order valence-corrected chi connectivity index (χ1v) is 9.65. The molecule has 1 fully saturated rings. The van der Waals surface area contributed by atoms with Crippen LogP contribution >= 0.6 is 15.9 Å². The van der Waals surface area contributed by atoms with E-state index in [1.54, 1.807) is 25.3 Å². The molecule has 0 spiro atoms. The molecule has 4 rings (SSSR count). The highest BCUT2D eigenvalue weighted by molar-refractivity contribution is 9.10. The van der Waals surface area contributed by atoms with Gasteiger partial charge in [-0.25, -0.2) is 4.79 Å². The number of amides is 3. The number of urea groups is 1. The largest absolute Gasteiger partial charge is 0.493 e. The van der Waals surface area contributed by atoms with E-state index in [4.69, 9.17) is 9.47 Å². The van der Waals surface area contributed by atoms with Crippen LogP contribution in [0.3, 0.4) is 0 Å². The third-order valence-electron chi connectivity index (χ3n) is 4.53. The molecule has 1 heterocycles. The number of benzene rings is 3. The Balaban J connectivity index is 1.62. The summed E-state index contributed by atoms with van der Waals surface area (Å²) in [4.78, 5) is 23.0. The minimum atomic E-state index is -0.540. The van der Waals surface area contributed by atoms with Gasteiger partial charge in [0.05, 0.1) is 11.6 Å². The number of methoxy groups -OCH3 is 1. The van der Waals surface area contributed by atoms with Gasteiger partial charge in [0.1, 0.15) is 12.3 Å². The molecule has 6 nitrogen and oxygen atoms in total. The lowest BCUT2D eigenvalue weighted by Crippen LogP contribution is -2.22. The molecule has 3 aromatic rings. The maximum atomic E-state index is 11.7. The van der Waals surface area contributed by atoms with Gasteiger partial charge in [-0.3, -0.25) is 10.1 Å². The second-order valence-corrected chi connectivity index (χ2v) is 7.28. The molecule has 29 heavy (non-hydrogen) atoms. The quantitative estimate of drug-likeness (QED) is 0.445. The Bertz CT molecular complexity index is 1150. The highest BCUT2D eigenvalue weighted by atomic mass is 79.9. The summed E-state index contributed by atoms with van der Waals surface area (Å²) in [6.45, 7) is 0.370. The van der Waals surface area contributed by atoms with Gasteiger partial charge in [0, 0.05) is 0 Å². The topological polar surface area (TPSA) is 76.7 Å². The average molecular weight is 453 g/mol. The lowest BCUT2D eigenvalue weighted by Gasteiger charge is -2.15. The average Bonchev–Trinajstić information content (AvgIpc) is 3.03. The van der Waals surface area contributed by atoms with Crippen LogP contribution in [-0.4, -0.2) is 19.0 Å². The lowest BCUT2D eigenvalue weighted by atomic mass is 10.1.